The Kier molecular flexibility index (Phi) is 4.44. The van der Waals surface area contributed by atoms with Crippen LogP contribution in [0.4, 0.5) is 0 Å². The Morgan fingerprint density at radius 3 is 2.68 bits per heavy atom. The van der Waals surface area contributed by atoms with Gasteiger partial charge in [0.05, 0.1) is 30.1 Å². The van der Waals surface area contributed by atoms with Gasteiger partial charge < -0.3 is 24.5 Å². The summed E-state index contributed by atoms with van der Waals surface area (Å²) in [7, 11) is 5.13. The molecule has 1 atom stereocenters. The van der Waals surface area contributed by atoms with Gasteiger partial charge in [0.15, 0.2) is 11.5 Å². The Hall–Kier alpha value is -3.11. The predicted octanol–water partition coefficient (Wildman–Crippen LogP) is 4.18. The molecule has 1 aliphatic rings. The Bertz CT molecular complexity index is 1170. The number of nitrogens with zero attached hydrogens (tertiary/aromatic N) is 2. The van der Waals surface area contributed by atoms with E-state index < -0.39 is 0 Å². The minimum atomic E-state index is -0.380. The molecule has 4 rings (SSSR count). The zero-order valence-electron chi connectivity index (χ0n) is 15.6. The van der Waals surface area contributed by atoms with Crippen LogP contribution in [0.3, 0.4) is 0 Å². The van der Waals surface area contributed by atoms with Gasteiger partial charge in [-0.15, -0.1) is 0 Å². The molecule has 2 N–H and O–H groups in total. The summed E-state index contributed by atoms with van der Waals surface area (Å²) in [6.07, 6.45) is 1.97. The first-order chi connectivity index (χ1) is 13.5. The maximum Gasteiger partial charge on any atom is 0.205 e. The van der Waals surface area contributed by atoms with Crippen molar-refractivity contribution in [3.05, 3.63) is 63.6 Å². The number of nitrogens with two attached hydrogens (primary N) is 1. The van der Waals surface area contributed by atoms with Gasteiger partial charge in [-0.1, -0.05) is 6.07 Å². The summed E-state index contributed by atoms with van der Waals surface area (Å²) >= 11 is 3.54. The Morgan fingerprint density at radius 1 is 1.21 bits per heavy atom. The number of aryl methyl sites for hydroxylation is 1. The minimum absolute atomic E-state index is 0.113. The van der Waals surface area contributed by atoms with Crippen molar-refractivity contribution in [1.29, 1.82) is 5.26 Å². The first kappa shape index (κ1) is 18.3. The number of benzene rings is 2. The van der Waals surface area contributed by atoms with Crippen LogP contribution in [-0.2, 0) is 7.05 Å². The van der Waals surface area contributed by atoms with Crippen LogP contribution < -0.4 is 19.9 Å². The number of halogens is 1. The summed E-state index contributed by atoms with van der Waals surface area (Å²) in [4.78, 5) is 0. The average molecular weight is 440 g/mol. The maximum atomic E-state index is 9.79. The van der Waals surface area contributed by atoms with Crippen molar-refractivity contribution in [3.63, 3.8) is 0 Å². The molecule has 3 aromatic rings. The fraction of sp³-hybridized carbons (Fsp3) is 0.190. The van der Waals surface area contributed by atoms with Crippen molar-refractivity contribution in [2.75, 3.05) is 14.2 Å². The highest BCUT2D eigenvalue weighted by atomic mass is 79.9. The Labute approximate surface area is 170 Å². The number of ether oxygens (including phenoxy) is 3. The zero-order valence-corrected chi connectivity index (χ0v) is 17.2. The van der Waals surface area contributed by atoms with Gasteiger partial charge in [0.1, 0.15) is 17.4 Å². The molecule has 0 saturated carbocycles. The Morgan fingerprint density at radius 2 is 2.00 bits per heavy atom. The molecular weight excluding hydrogens is 422 g/mol. The highest BCUT2D eigenvalue weighted by Crippen LogP contribution is 2.48. The summed E-state index contributed by atoms with van der Waals surface area (Å²) in [6.45, 7) is 0. The first-order valence-corrected chi connectivity index (χ1v) is 9.36. The quantitative estimate of drug-likeness (QED) is 0.661. The largest absolute Gasteiger partial charge is 0.493 e. The summed E-state index contributed by atoms with van der Waals surface area (Å²) in [5.41, 5.74) is 9.27. The van der Waals surface area contributed by atoms with E-state index in [1.165, 1.54) is 0 Å². The van der Waals surface area contributed by atoms with Crippen molar-refractivity contribution in [2.24, 2.45) is 12.8 Å². The molecule has 0 saturated heterocycles. The average Bonchev–Trinajstić information content (AvgIpc) is 3.07. The molecule has 0 fully saturated rings. The molecule has 28 heavy (non-hydrogen) atoms. The normalized spacial score (nSPS) is 15.8. The van der Waals surface area contributed by atoms with Crippen molar-refractivity contribution in [3.8, 4) is 23.3 Å². The van der Waals surface area contributed by atoms with Crippen LogP contribution in [0.15, 0.2) is 52.5 Å². The molecule has 1 aromatic heterocycles. The summed E-state index contributed by atoms with van der Waals surface area (Å²) in [6, 6.07) is 12.0. The third-order valence-electron chi connectivity index (χ3n) is 5.04. The van der Waals surface area contributed by atoms with Crippen LogP contribution in [0.2, 0.25) is 0 Å². The fourth-order valence-corrected chi connectivity index (χ4v) is 4.34. The highest BCUT2D eigenvalue weighted by Gasteiger charge is 2.33. The summed E-state index contributed by atoms with van der Waals surface area (Å²) in [5, 5.41) is 10.7. The van der Waals surface area contributed by atoms with E-state index in [0.717, 1.165) is 26.5 Å². The molecule has 0 bridgehead atoms. The molecule has 1 aliphatic heterocycles. The van der Waals surface area contributed by atoms with Gasteiger partial charge in [-0.2, -0.15) is 5.26 Å². The van der Waals surface area contributed by atoms with Crippen LogP contribution in [0.25, 0.3) is 10.9 Å². The lowest BCUT2D eigenvalue weighted by Crippen LogP contribution is -2.21. The maximum absolute atomic E-state index is 9.79. The molecular formula is C21H18BrN3O3. The number of hydrogen-bond acceptors (Lipinski definition) is 5. The van der Waals surface area contributed by atoms with E-state index in [-0.39, 0.29) is 11.8 Å². The Balaban J connectivity index is 2.00. The molecule has 142 valence electrons. The van der Waals surface area contributed by atoms with Crippen LogP contribution in [0.5, 0.6) is 17.2 Å². The second-order valence-corrected chi connectivity index (χ2v) is 7.36. The van der Waals surface area contributed by atoms with E-state index in [1.807, 2.05) is 48.1 Å². The molecule has 0 amide bonds. The first-order valence-electron chi connectivity index (χ1n) is 8.57. The van der Waals surface area contributed by atoms with Crippen molar-refractivity contribution < 1.29 is 14.2 Å². The number of rotatable bonds is 3. The van der Waals surface area contributed by atoms with Gasteiger partial charge in [0, 0.05) is 24.2 Å². The van der Waals surface area contributed by atoms with Gasteiger partial charge in [-0.3, -0.25) is 0 Å². The van der Waals surface area contributed by atoms with Gasteiger partial charge in [-0.05, 0) is 45.8 Å². The van der Waals surface area contributed by atoms with E-state index in [4.69, 9.17) is 19.9 Å². The SMILES string of the molecule is COc1cc(C2C(C#N)=C(N)Oc3c2ccc2c3ccn2C)cc(Br)c1OC. The number of aromatic nitrogens is 1. The molecule has 6 nitrogen and oxygen atoms in total. The van der Waals surface area contributed by atoms with Crippen LogP contribution in [0, 0.1) is 11.3 Å². The van der Waals surface area contributed by atoms with E-state index in [9.17, 15) is 5.26 Å². The highest BCUT2D eigenvalue weighted by molar-refractivity contribution is 9.10. The van der Waals surface area contributed by atoms with Crippen molar-refractivity contribution >= 4 is 26.8 Å². The number of hydrogen-bond donors (Lipinski definition) is 1. The van der Waals surface area contributed by atoms with E-state index >= 15 is 0 Å². The molecule has 1 unspecified atom stereocenters. The molecule has 0 aliphatic carbocycles. The molecule has 0 radical (unpaired) electrons. The van der Waals surface area contributed by atoms with Crippen molar-refractivity contribution in [1.82, 2.24) is 4.57 Å². The summed E-state index contributed by atoms with van der Waals surface area (Å²) in [5.74, 6) is 1.56. The van der Waals surface area contributed by atoms with Crippen LogP contribution in [-0.4, -0.2) is 18.8 Å². The number of fused-ring (bicyclic) bond motifs is 3. The van der Waals surface area contributed by atoms with Gasteiger partial charge >= 0.3 is 0 Å². The van der Waals surface area contributed by atoms with Gasteiger partial charge in [0.25, 0.3) is 0 Å². The molecule has 7 heteroatoms. The van der Waals surface area contributed by atoms with E-state index in [2.05, 4.69) is 22.0 Å². The lowest BCUT2D eigenvalue weighted by atomic mass is 9.83. The predicted molar refractivity (Wildman–Crippen MR) is 109 cm³/mol. The molecule has 2 heterocycles. The lowest BCUT2D eigenvalue weighted by Gasteiger charge is -2.27. The second kappa shape index (κ2) is 6.80. The van der Waals surface area contributed by atoms with Gasteiger partial charge in [-0.25, -0.2) is 0 Å². The monoisotopic (exact) mass is 439 g/mol. The smallest absolute Gasteiger partial charge is 0.205 e. The zero-order chi connectivity index (χ0) is 20.0. The van der Waals surface area contributed by atoms with Gasteiger partial charge in [0.2, 0.25) is 5.88 Å². The standard InChI is InChI=1S/C21H18BrN3O3/c1-25-7-6-12-16(25)5-4-13-18(14(10-23)21(24)28-19(12)13)11-8-15(22)20(27-3)17(9-11)26-2/h4-9,18H,24H2,1-3H3. The molecule has 2 aromatic carbocycles. The molecule has 0 spiro atoms. The number of nitriles is 1. The lowest BCUT2D eigenvalue weighted by molar-refractivity contribution is 0.352. The van der Waals surface area contributed by atoms with Crippen LogP contribution in [0.1, 0.15) is 17.0 Å². The number of methoxy groups -OCH3 is 2. The van der Waals surface area contributed by atoms with E-state index in [0.29, 0.717) is 22.8 Å². The van der Waals surface area contributed by atoms with E-state index in [1.54, 1.807) is 14.2 Å². The number of allylic oxidation sites excluding steroid dienone is 1. The fourth-order valence-electron chi connectivity index (χ4n) is 3.72. The third-order valence-corrected chi connectivity index (χ3v) is 5.62. The van der Waals surface area contributed by atoms with Crippen molar-refractivity contribution in [2.45, 2.75) is 5.92 Å². The minimum Gasteiger partial charge on any atom is -0.493 e. The summed E-state index contributed by atoms with van der Waals surface area (Å²) < 4.78 is 19.5. The second-order valence-electron chi connectivity index (χ2n) is 6.51. The topological polar surface area (TPSA) is 82.4 Å². The third kappa shape index (κ3) is 2.60. The van der Waals surface area contributed by atoms with Crippen LogP contribution >= 0.6 is 15.9 Å².